The smallest absolute Gasteiger partial charge is 0.252 e. The number of amides is 1. The van der Waals surface area contributed by atoms with E-state index in [1.807, 2.05) is 6.92 Å². The van der Waals surface area contributed by atoms with Crippen LogP contribution in [0, 0.1) is 0 Å². The number of primary amides is 1. The summed E-state index contributed by atoms with van der Waals surface area (Å²) in [6.45, 7) is 1.91. The highest BCUT2D eigenvalue weighted by atomic mass is 16.3. The Labute approximate surface area is 82.0 Å². The Kier molecular flexibility index (Phi) is 2.96. The van der Waals surface area contributed by atoms with Crippen LogP contribution in [0.15, 0.2) is 12.1 Å². The molecule has 0 aliphatic rings. The van der Waals surface area contributed by atoms with Gasteiger partial charge in [-0.25, -0.2) is 0 Å². The van der Waals surface area contributed by atoms with Crippen LogP contribution in [0.5, 0.6) is 11.5 Å². The third kappa shape index (κ3) is 1.79. The summed E-state index contributed by atoms with van der Waals surface area (Å²) < 4.78 is 0. The quantitative estimate of drug-likeness (QED) is 0.676. The average Bonchev–Trinajstić information content (AvgIpc) is 2.11. The molecule has 1 amide bonds. The second-order valence-corrected chi connectivity index (χ2v) is 3.07. The molecule has 0 aromatic heterocycles. The maximum atomic E-state index is 10.9. The Bertz CT molecular complexity index is 361. The molecule has 0 saturated heterocycles. The predicted octanol–water partition coefficient (Wildman–Crippen LogP) is 1.15. The fourth-order valence-electron chi connectivity index (χ4n) is 1.32. The van der Waals surface area contributed by atoms with Gasteiger partial charge in [0, 0.05) is 5.56 Å². The van der Waals surface area contributed by atoms with Crippen molar-refractivity contribution in [1.82, 2.24) is 0 Å². The van der Waals surface area contributed by atoms with Gasteiger partial charge in [0.1, 0.15) is 11.5 Å². The van der Waals surface area contributed by atoms with Crippen LogP contribution in [0.1, 0.15) is 29.3 Å². The first-order valence-electron chi connectivity index (χ1n) is 4.41. The minimum absolute atomic E-state index is 0.00523. The number of carbonyl (C=O) groups is 1. The van der Waals surface area contributed by atoms with Gasteiger partial charge in [-0.1, -0.05) is 13.3 Å². The zero-order valence-corrected chi connectivity index (χ0v) is 7.95. The summed E-state index contributed by atoms with van der Waals surface area (Å²) >= 11 is 0. The number of hydrogen-bond donors (Lipinski definition) is 3. The lowest BCUT2D eigenvalue weighted by Crippen LogP contribution is -2.11. The van der Waals surface area contributed by atoms with Crippen molar-refractivity contribution in [3.63, 3.8) is 0 Å². The molecule has 4 heteroatoms. The SMILES string of the molecule is CCCc1c(O)ccc(C(N)=O)c1O. The highest BCUT2D eigenvalue weighted by Crippen LogP contribution is 2.31. The van der Waals surface area contributed by atoms with Crippen molar-refractivity contribution in [2.24, 2.45) is 5.73 Å². The zero-order chi connectivity index (χ0) is 10.7. The van der Waals surface area contributed by atoms with E-state index in [1.54, 1.807) is 0 Å². The lowest BCUT2D eigenvalue weighted by atomic mass is 10.0. The number of phenolic OH excluding ortho intramolecular Hbond substituents is 1. The lowest BCUT2D eigenvalue weighted by Gasteiger charge is -2.08. The Morgan fingerprint density at radius 2 is 2.07 bits per heavy atom. The van der Waals surface area contributed by atoms with Gasteiger partial charge in [0.2, 0.25) is 0 Å². The first-order valence-corrected chi connectivity index (χ1v) is 4.41. The van der Waals surface area contributed by atoms with Crippen molar-refractivity contribution in [3.8, 4) is 11.5 Å². The number of carbonyl (C=O) groups excluding carboxylic acids is 1. The fraction of sp³-hybridized carbons (Fsp3) is 0.300. The first-order chi connectivity index (χ1) is 6.57. The van der Waals surface area contributed by atoms with Gasteiger partial charge < -0.3 is 15.9 Å². The zero-order valence-electron chi connectivity index (χ0n) is 7.95. The van der Waals surface area contributed by atoms with Crippen molar-refractivity contribution >= 4 is 5.91 Å². The van der Waals surface area contributed by atoms with E-state index in [4.69, 9.17) is 5.73 Å². The molecular formula is C10H13NO3. The van der Waals surface area contributed by atoms with Gasteiger partial charge in [-0.2, -0.15) is 0 Å². The molecule has 0 fully saturated rings. The van der Waals surface area contributed by atoms with Gasteiger partial charge in [-0.05, 0) is 18.6 Å². The van der Waals surface area contributed by atoms with Gasteiger partial charge in [-0.15, -0.1) is 0 Å². The Morgan fingerprint density at radius 3 is 2.57 bits per heavy atom. The third-order valence-corrected chi connectivity index (χ3v) is 2.02. The van der Waals surface area contributed by atoms with E-state index in [2.05, 4.69) is 0 Å². The van der Waals surface area contributed by atoms with Crippen LogP contribution in [0.2, 0.25) is 0 Å². The molecular weight excluding hydrogens is 182 g/mol. The highest BCUT2D eigenvalue weighted by Gasteiger charge is 2.14. The van der Waals surface area contributed by atoms with Crippen LogP contribution >= 0.6 is 0 Å². The molecule has 0 unspecified atom stereocenters. The molecule has 0 saturated carbocycles. The number of benzene rings is 1. The topological polar surface area (TPSA) is 83.5 Å². The Morgan fingerprint density at radius 1 is 1.43 bits per heavy atom. The number of rotatable bonds is 3. The second kappa shape index (κ2) is 4.00. The molecule has 0 aliphatic heterocycles. The van der Waals surface area contributed by atoms with Crippen LogP contribution in [-0.4, -0.2) is 16.1 Å². The summed E-state index contributed by atoms with van der Waals surface area (Å²) in [7, 11) is 0. The molecule has 0 atom stereocenters. The summed E-state index contributed by atoms with van der Waals surface area (Å²) in [4.78, 5) is 10.9. The minimum atomic E-state index is -0.695. The molecule has 76 valence electrons. The summed E-state index contributed by atoms with van der Waals surface area (Å²) in [6.07, 6.45) is 1.28. The van der Waals surface area contributed by atoms with E-state index in [0.29, 0.717) is 12.0 Å². The van der Waals surface area contributed by atoms with Crippen molar-refractivity contribution in [2.75, 3.05) is 0 Å². The molecule has 4 nitrogen and oxygen atoms in total. The third-order valence-electron chi connectivity index (χ3n) is 2.02. The van der Waals surface area contributed by atoms with E-state index < -0.39 is 5.91 Å². The molecule has 0 aliphatic carbocycles. The van der Waals surface area contributed by atoms with E-state index in [0.717, 1.165) is 6.42 Å². The number of phenols is 2. The molecule has 0 heterocycles. The summed E-state index contributed by atoms with van der Waals surface area (Å²) in [5, 5.41) is 19.0. The monoisotopic (exact) mass is 195 g/mol. The molecule has 1 aromatic carbocycles. The average molecular weight is 195 g/mol. The van der Waals surface area contributed by atoms with Crippen LogP contribution in [-0.2, 0) is 6.42 Å². The van der Waals surface area contributed by atoms with E-state index in [9.17, 15) is 15.0 Å². The molecule has 1 aromatic rings. The summed E-state index contributed by atoms with van der Waals surface area (Å²) in [5.41, 5.74) is 5.48. The standard InChI is InChI=1S/C10H13NO3/c1-2-3-6-8(12)5-4-7(9(6)13)10(11)14/h4-5,12-13H,2-3H2,1H3,(H2,11,14). The molecule has 14 heavy (non-hydrogen) atoms. The normalized spacial score (nSPS) is 10.1. The van der Waals surface area contributed by atoms with Gasteiger partial charge in [0.25, 0.3) is 5.91 Å². The minimum Gasteiger partial charge on any atom is -0.508 e. The number of nitrogens with two attached hydrogens (primary N) is 1. The molecule has 0 bridgehead atoms. The highest BCUT2D eigenvalue weighted by molar-refractivity contribution is 5.96. The van der Waals surface area contributed by atoms with Gasteiger partial charge in [-0.3, -0.25) is 4.79 Å². The van der Waals surface area contributed by atoms with Crippen LogP contribution in [0.25, 0.3) is 0 Å². The largest absolute Gasteiger partial charge is 0.508 e. The van der Waals surface area contributed by atoms with Gasteiger partial charge >= 0.3 is 0 Å². The lowest BCUT2D eigenvalue weighted by molar-refractivity contribution is 0.0997. The van der Waals surface area contributed by atoms with Crippen LogP contribution in [0.3, 0.4) is 0 Å². The first kappa shape index (κ1) is 10.4. The van der Waals surface area contributed by atoms with Crippen molar-refractivity contribution in [1.29, 1.82) is 0 Å². The number of hydrogen-bond acceptors (Lipinski definition) is 3. The summed E-state index contributed by atoms with van der Waals surface area (Å²) in [6, 6.07) is 2.68. The number of aromatic hydroxyl groups is 2. The van der Waals surface area contributed by atoms with Crippen LogP contribution < -0.4 is 5.73 Å². The summed E-state index contributed by atoms with van der Waals surface area (Å²) in [5.74, 6) is -0.909. The van der Waals surface area contributed by atoms with Gasteiger partial charge in [0.05, 0.1) is 5.56 Å². The maximum absolute atomic E-state index is 10.9. The molecule has 0 spiro atoms. The van der Waals surface area contributed by atoms with E-state index in [-0.39, 0.29) is 17.1 Å². The van der Waals surface area contributed by atoms with Gasteiger partial charge in [0.15, 0.2) is 0 Å². The van der Waals surface area contributed by atoms with Crippen molar-refractivity contribution < 1.29 is 15.0 Å². The van der Waals surface area contributed by atoms with Crippen molar-refractivity contribution in [2.45, 2.75) is 19.8 Å². The van der Waals surface area contributed by atoms with Crippen LogP contribution in [0.4, 0.5) is 0 Å². The second-order valence-electron chi connectivity index (χ2n) is 3.07. The Hall–Kier alpha value is -1.71. The maximum Gasteiger partial charge on any atom is 0.252 e. The Balaban J connectivity index is 3.26. The van der Waals surface area contributed by atoms with E-state index in [1.165, 1.54) is 12.1 Å². The molecule has 4 N–H and O–H groups in total. The predicted molar refractivity (Wildman–Crippen MR) is 52.3 cm³/mol. The van der Waals surface area contributed by atoms with Crippen molar-refractivity contribution in [3.05, 3.63) is 23.3 Å². The molecule has 1 rings (SSSR count). The fourth-order valence-corrected chi connectivity index (χ4v) is 1.32. The van der Waals surface area contributed by atoms with E-state index >= 15 is 0 Å². The molecule has 0 radical (unpaired) electrons.